The van der Waals surface area contributed by atoms with Gasteiger partial charge in [-0.3, -0.25) is 4.79 Å². The van der Waals surface area contributed by atoms with E-state index in [0.717, 1.165) is 19.3 Å². The largest absolute Gasteiger partial charge is 0.465 e. The Morgan fingerprint density at radius 1 is 1.32 bits per heavy atom. The topological polar surface area (TPSA) is 66.9 Å². The SMILES string of the molecule is COCOc1ccc(COC2CCCCO2)nc1C(=O)c1ccc(F)c(Br)c1. The molecule has 0 bridgehead atoms. The fraction of sp³-hybridized carbons (Fsp3) is 0.400. The molecule has 0 saturated carbocycles. The average Bonchev–Trinajstić information content (AvgIpc) is 2.73. The number of carbonyl (C=O) groups is 1. The van der Waals surface area contributed by atoms with Crippen LogP contribution >= 0.6 is 15.9 Å². The highest BCUT2D eigenvalue weighted by molar-refractivity contribution is 9.10. The minimum atomic E-state index is -0.449. The Labute approximate surface area is 171 Å². The zero-order valence-electron chi connectivity index (χ0n) is 15.5. The van der Waals surface area contributed by atoms with Crippen molar-refractivity contribution >= 4 is 21.7 Å². The quantitative estimate of drug-likeness (QED) is 0.439. The first kappa shape index (κ1) is 20.9. The number of hydrogen-bond donors (Lipinski definition) is 0. The van der Waals surface area contributed by atoms with Gasteiger partial charge in [-0.05, 0) is 65.5 Å². The third-order valence-corrected chi connectivity index (χ3v) is 4.81. The van der Waals surface area contributed by atoms with Crippen LogP contribution in [0.15, 0.2) is 34.8 Å². The normalized spacial score (nSPS) is 16.8. The first-order valence-corrected chi connectivity index (χ1v) is 9.72. The molecule has 8 heteroatoms. The fourth-order valence-electron chi connectivity index (χ4n) is 2.76. The van der Waals surface area contributed by atoms with Crippen molar-refractivity contribution in [1.82, 2.24) is 4.98 Å². The highest BCUT2D eigenvalue weighted by Crippen LogP contribution is 2.24. The minimum absolute atomic E-state index is 0.0270. The summed E-state index contributed by atoms with van der Waals surface area (Å²) in [5.74, 6) is -0.553. The maximum absolute atomic E-state index is 13.5. The Morgan fingerprint density at radius 2 is 2.18 bits per heavy atom. The number of hydrogen-bond acceptors (Lipinski definition) is 6. The zero-order valence-corrected chi connectivity index (χ0v) is 17.0. The lowest BCUT2D eigenvalue weighted by atomic mass is 10.1. The van der Waals surface area contributed by atoms with Crippen molar-refractivity contribution in [1.29, 1.82) is 0 Å². The van der Waals surface area contributed by atoms with Crippen molar-refractivity contribution in [3.8, 4) is 5.75 Å². The van der Waals surface area contributed by atoms with Crippen LogP contribution in [0.5, 0.6) is 5.75 Å². The van der Waals surface area contributed by atoms with E-state index in [-0.39, 0.29) is 47.0 Å². The second-order valence-corrected chi connectivity index (χ2v) is 7.12. The van der Waals surface area contributed by atoms with Crippen LogP contribution in [0.2, 0.25) is 0 Å². The first-order valence-electron chi connectivity index (χ1n) is 8.93. The van der Waals surface area contributed by atoms with Crippen molar-refractivity contribution in [3.63, 3.8) is 0 Å². The maximum atomic E-state index is 13.5. The standard InChI is InChI=1S/C20H21BrFNO5/c1-25-12-28-17-8-6-14(11-27-18-4-2-3-9-26-18)23-19(17)20(24)13-5-7-16(22)15(21)10-13/h5-8,10,18H,2-4,9,11-12H2,1H3. The Kier molecular flexibility index (Phi) is 7.50. The van der Waals surface area contributed by atoms with E-state index < -0.39 is 5.82 Å². The number of ether oxygens (including phenoxy) is 4. The molecule has 1 unspecified atom stereocenters. The zero-order chi connectivity index (χ0) is 19.9. The number of nitrogens with zero attached hydrogens (tertiary/aromatic N) is 1. The van der Waals surface area contributed by atoms with Gasteiger partial charge in [0, 0.05) is 19.3 Å². The van der Waals surface area contributed by atoms with Gasteiger partial charge in [0.1, 0.15) is 5.82 Å². The lowest BCUT2D eigenvalue weighted by Gasteiger charge is -2.22. The van der Waals surface area contributed by atoms with E-state index >= 15 is 0 Å². The van der Waals surface area contributed by atoms with Gasteiger partial charge in [-0.2, -0.15) is 0 Å². The molecule has 1 saturated heterocycles. The molecule has 0 amide bonds. The number of rotatable bonds is 8. The summed E-state index contributed by atoms with van der Waals surface area (Å²) in [4.78, 5) is 17.4. The molecule has 2 aromatic rings. The van der Waals surface area contributed by atoms with E-state index in [2.05, 4.69) is 20.9 Å². The summed E-state index contributed by atoms with van der Waals surface area (Å²) < 4.78 is 35.4. The molecule has 0 aliphatic carbocycles. The smallest absolute Gasteiger partial charge is 0.215 e. The van der Waals surface area contributed by atoms with Gasteiger partial charge in [0.15, 0.2) is 24.5 Å². The van der Waals surface area contributed by atoms with Gasteiger partial charge >= 0.3 is 0 Å². The van der Waals surface area contributed by atoms with Crippen LogP contribution in [-0.2, 0) is 20.8 Å². The molecular formula is C20H21BrFNO5. The molecule has 6 nitrogen and oxygen atoms in total. The summed E-state index contributed by atoms with van der Waals surface area (Å²) >= 11 is 3.10. The van der Waals surface area contributed by atoms with Crippen LogP contribution in [0.4, 0.5) is 4.39 Å². The second kappa shape index (κ2) is 10.1. The first-order chi connectivity index (χ1) is 13.6. The van der Waals surface area contributed by atoms with Crippen molar-refractivity contribution in [2.75, 3.05) is 20.5 Å². The van der Waals surface area contributed by atoms with Crippen LogP contribution in [0, 0.1) is 5.82 Å². The maximum Gasteiger partial charge on any atom is 0.215 e. The summed E-state index contributed by atoms with van der Waals surface area (Å²) in [6.45, 7) is 0.870. The molecule has 1 aromatic carbocycles. The molecule has 1 fully saturated rings. The summed E-state index contributed by atoms with van der Waals surface area (Å²) in [6.07, 6.45) is 2.68. The van der Waals surface area contributed by atoms with Crippen molar-refractivity contribution in [2.24, 2.45) is 0 Å². The molecule has 0 spiro atoms. The Balaban J connectivity index is 1.82. The number of halogens is 2. The molecule has 0 radical (unpaired) electrons. The Hall–Kier alpha value is -1.87. The van der Waals surface area contributed by atoms with Gasteiger partial charge in [0.05, 0.1) is 16.8 Å². The van der Waals surface area contributed by atoms with E-state index in [0.29, 0.717) is 12.3 Å². The highest BCUT2D eigenvalue weighted by atomic mass is 79.9. The fourth-order valence-corrected chi connectivity index (χ4v) is 3.14. The molecule has 28 heavy (non-hydrogen) atoms. The van der Waals surface area contributed by atoms with Crippen molar-refractivity contribution in [3.05, 3.63) is 57.6 Å². The summed E-state index contributed by atoms with van der Waals surface area (Å²) in [6, 6.07) is 7.42. The number of pyridine rings is 1. The Bertz CT molecular complexity index is 826. The van der Waals surface area contributed by atoms with Gasteiger partial charge in [0.2, 0.25) is 5.78 Å². The van der Waals surface area contributed by atoms with Gasteiger partial charge in [0.25, 0.3) is 0 Å². The molecule has 1 aliphatic rings. The predicted octanol–water partition coefficient (Wildman–Crippen LogP) is 4.24. The Morgan fingerprint density at radius 3 is 2.89 bits per heavy atom. The van der Waals surface area contributed by atoms with Gasteiger partial charge in [-0.15, -0.1) is 0 Å². The monoisotopic (exact) mass is 453 g/mol. The molecule has 1 atom stereocenters. The van der Waals surface area contributed by atoms with Crippen LogP contribution in [-0.4, -0.2) is 37.6 Å². The number of aromatic nitrogens is 1. The van der Waals surface area contributed by atoms with E-state index in [9.17, 15) is 9.18 Å². The molecular weight excluding hydrogens is 433 g/mol. The second-order valence-electron chi connectivity index (χ2n) is 6.27. The number of ketones is 1. The predicted molar refractivity (Wildman–Crippen MR) is 103 cm³/mol. The van der Waals surface area contributed by atoms with Gasteiger partial charge < -0.3 is 18.9 Å². The highest BCUT2D eigenvalue weighted by Gasteiger charge is 2.20. The number of carbonyl (C=O) groups excluding carboxylic acids is 1. The molecule has 1 aliphatic heterocycles. The van der Waals surface area contributed by atoms with E-state index in [4.69, 9.17) is 18.9 Å². The average molecular weight is 454 g/mol. The number of benzene rings is 1. The lowest BCUT2D eigenvalue weighted by molar-refractivity contribution is -0.169. The molecule has 1 aromatic heterocycles. The van der Waals surface area contributed by atoms with Crippen molar-refractivity contribution < 1.29 is 28.1 Å². The van der Waals surface area contributed by atoms with E-state index in [1.54, 1.807) is 12.1 Å². The molecule has 2 heterocycles. The van der Waals surface area contributed by atoms with Crippen LogP contribution in [0.3, 0.4) is 0 Å². The van der Waals surface area contributed by atoms with Crippen LogP contribution in [0.1, 0.15) is 41.0 Å². The lowest BCUT2D eigenvalue weighted by Crippen LogP contribution is -2.22. The number of methoxy groups -OCH3 is 1. The van der Waals surface area contributed by atoms with Crippen molar-refractivity contribution in [2.45, 2.75) is 32.2 Å². The molecule has 0 N–H and O–H groups in total. The van der Waals surface area contributed by atoms with Gasteiger partial charge in [-0.25, -0.2) is 9.37 Å². The molecule has 150 valence electrons. The van der Waals surface area contributed by atoms with Crippen LogP contribution < -0.4 is 4.74 Å². The van der Waals surface area contributed by atoms with E-state index in [1.807, 2.05) is 0 Å². The van der Waals surface area contributed by atoms with Gasteiger partial charge in [-0.1, -0.05) is 0 Å². The minimum Gasteiger partial charge on any atom is -0.465 e. The van der Waals surface area contributed by atoms with Crippen LogP contribution in [0.25, 0.3) is 0 Å². The summed E-state index contributed by atoms with van der Waals surface area (Å²) in [5.41, 5.74) is 0.974. The molecule has 3 rings (SSSR count). The summed E-state index contributed by atoms with van der Waals surface area (Å²) in [5, 5.41) is 0. The van der Waals surface area contributed by atoms with E-state index in [1.165, 1.54) is 25.3 Å². The third-order valence-electron chi connectivity index (χ3n) is 4.20. The third kappa shape index (κ3) is 5.35. The summed E-state index contributed by atoms with van der Waals surface area (Å²) in [7, 11) is 1.48.